The maximum absolute atomic E-state index is 5.77. The van der Waals surface area contributed by atoms with Crippen LogP contribution in [0.4, 0.5) is 5.69 Å². The Morgan fingerprint density at radius 2 is 2.20 bits per heavy atom. The van der Waals surface area contributed by atoms with Crippen molar-refractivity contribution in [2.45, 2.75) is 20.0 Å². The summed E-state index contributed by atoms with van der Waals surface area (Å²) < 4.78 is 5.44. The molecule has 0 bridgehead atoms. The summed E-state index contributed by atoms with van der Waals surface area (Å²) in [5, 5.41) is 5.30. The van der Waals surface area contributed by atoms with Crippen LogP contribution in [0.3, 0.4) is 0 Å². The van der Waals surface area contributed by atoms with Gasteiger partial charge in [-0.2, -0.15) is 0 Å². The van der Waals surface area contributed by atoms with Crippen LogP contribution in [-0.2, 0) is 13.1 Å². The zero-order valence-electron chi connectivity index (χ0n) is 8.62. The lowest BCUT2D eigenvalue weighted by Crippen LogP contribution is -2.12. The van der Waals surface area contributed by atoms with E-state index in [1.165, 1.54) is 4.88 Å². The van der Waals surface area contributed by atoms with Crippen LogP contribution < -0.4 is 11.1 Å². The molecular formula is C11H14N2OS. The van der Waals surface area contributed by atoms with Gasteiger partial charge in [-0.05, 0) is 30.5 Å². The predicted octanol–water partition coefficient (Wildman–Crippen LogP) is 2.52. The highest BCUT2D eigenvalue weighted by molar-refractivity contribution is 7.10. The lowest BCUT2D eigenvalue weighted by atomic mass is 10.4. The molecule has 0 fully saturated rings. The van der Waals surface area contributed by atoms with Crippen molar-refractivity contribution in [3.8, 4) is 0 Å². The molecule has 2 aromatic rings. The van der Waals surface area contributed by atoms with Crippen molar-refractivity contribution in [2.75, 3.05) is 5.73 Å². The number of hydrogen-bond donors (Lipinski definition) is 2. The minimum Gasteiger partial charge on any atom is -0.465 e. The number of aryl methyl sites for hydroxylation is 1. The molecule has 3 nitrogen and oxygen atoms in total. The molecule has 80 valence electrons. The third-order valence-electron chi connectivity index (χ3n) is 2.16. The molecule has 0 aliphatic heterocycles. The summed E-state index contributed by atoms with van der Waals surface area (Å²) in [4.78, 5) is 1.18. The zero-order valence-corrected chi connectivity index (χ0v) is 9.43. The van der Waals surface area contributed by atoms with Gasteiger partial charge in [-0.25, -0.2) is 0 Å². The molecule has 0 aromatic carbocycles. The molecule has 2 aromatic heterocycles. The average Bonchev–Trinajstić information content (AvgIpc) is 2.77. The van der Waals surface area contributed by atoms with Crippen LogP contribution in [0.1, 0.15) is 16.4 Å². The van der Waals surface area contributed by atoms with Crippen molar-refractivity contribution >= 4 is 17.0 Å². The van der Waals surface area contributed by atoms with E-state index in [1.54, 1.807) is 11.3 Å². The summed E-state index contributed by atoms with van der Waals surface area (Å²) in [5.74, 6) is 1.91. The van der Waals surface area contributed by atoms with E-state index in [0.29, 0.717) is 0 Å². The fourth-order valence-electron chi connectivity index (χ4n) is 1.37. The van der Waals surface area contributed by atoms with Gasteiger partial charge in [0.25, 0.3) is 0 Å². The predicted molar refractivity (Wildman–Crippen MR) is 62.7 cm³/mol. The molecule has 0 aliphatic rings. The Bertz CT molecular complexity index is 433. The fourth-order valence-corrected chi connectivity index (χ4v) is 2.14. The van der Waals surface area contributed by atoms with Gasteiger partial charge >= 0.3 is 0 Å². The van der Waals surface area contributed by atoms with Crippen LogP contribution in [0.5, 0.6) is 0 Å². The Balaban J connectivity index is 1.83. The summed E-state index contributed by atoms with van der Waals surface area (Å²) >= 11 is 1.67. The number of thiophene rings is 1. The molecule has 0 amide bonds. The Kier molecular flexibility index (Phi) is 3.08. The number of rotatable bonds is 4. The van der Waals surface area contributed by atoms with Gasteiger partial charge in [-0.3, -0.25) is 0 Å². The van der Waals surface area contributed by atoms with E-state index in [-0.39, 0.29) is 0 Å². The molecule has 0 aliphatic carbocycles. The van der Waals surface area contributed by atoms with Crippen LogP contribution in [-0.4, -0.2) is 0 Å². The first-order valence-corrected chi connectivity index (χ1v) is 5.71. The topological polar surface area (TPSA) is 51.2 Å². The van der Waals surface area contributed by atoms with Crippen molar-refractivity contribution in [3.63, 3.8) is 0 Å². The van der Waals surface area contributed by atoms with Crippen LogP contribution in [0.25, 0.3) is 0 Å². The van der Waals surface area contributed by atoms with Crippen LogP contribution in [0.2, 0.25) is 0 Å². The van der Waals surface area contributed by atoms with Crippen molar-refractivity contribution in [3.05, 3.63) is 40.0 Å². The van der Waals surface area contributed by atoms with E-state index >= 15 is 0 Å². The molecular weight excluding hydrogens is 208 g/mol. The lowest BCUT2D eigenvalue weighted by molar-refractivity contribution is 0.462. The average molecular weight is 222 g/mol. The Labute approximate surface area is 92.9 Å². The van der Waals surface area contributed by atoms with Gasteiger partial charge in [0.05, 0.1) is 6.54 Å². The van der Waals surface area contributed by atoms with E-state index < -0.39 is 0 Å². The number of furan rings is 1. The second kappa shape index (κ2) is 4.51. The fraction of sp³-hybridized carbons (Fsp3) is 0.273. The minimum absolute atomic E-state index is 0.741. The maximum Gasteiger partial charge on any atom is 0.117 e. The summed E-state index contributed by atoms with van der Waals surface area (Å²) in [7, 11) is 0. The molecule has 4 heteroatoms. The summed E-state index contributed by atoms with van der Waals surface area (Å²) in [6, 6.07) is 5.88. The number of hydrogen-bond acceptors (Lipinski definition) is 4. The Hall–Kier alpha value is -1.26. The molecule has 0 radical (unpaired) electrons. The molecule has 2 heterocycles. The number of anilines is 1. The van der Waals surface area contributed by atoms with Crippen molar-refractivity contribution in [1.82, 2.24) is 5.32 Å². The van der Waals surface area contributed by atoms with Crippen LogP contribution in [0.15, 0.2) is 28.0 Å². The van der Waals surface area contributed by atoms with Gasteiger partial charge in [0.15, 0.2) is 0 Å². The second-order valence-electron chi connectivity index (χ2n) is 3.42. The van der Waals surface area contributed by atoms with Gasteiger partial charge in [0, 0.05) is 17.1 Å². The molecule has 0 saturated heterocycles. The van der Waals surface area contributed by atoms with Crippen molar-refractivity contribution < 1.29 is 4.42 Å². The summed E-state index contributed by atoms with van der Waals surface area (Å²) in [6.45, 7) is 3.48. The molecule has 0 spiro atoms. The highest BCUT2D eigenvalue weighted by atomic mass is 32.1. The Morgan fingerprint density at radius 1 is 1.33 bits per heavy atom. The smallest absolute Gasteiger partial charge is 0.117 e. The zero-order chi connectivity index (χ0) is 10.7. The SMILES string of the molecule is Cc1ccc(CNCc2sccc2N)o1. The molecule has 0 saturated carbocycles. The highest BCUT2D eigenvalue weighted by Gasteiger charge is 2.01. The monoisotopic (exact) mass is 222 g/mol. The lowest BCUT2D eigenvalue weighted by Gasteiger charge is -2.01. The number of nitrogens with two attached hydrogens (primary N) is 1. The Morgan fingerprint density at radius 3 is 2.80 bits per heavy atom. The molecule has 0 unspecified atom stereocenters. The van der Waals surface area contributed by atoms with Gasteiger partial charge in [-0.15, -0.1) is 11.3 Å². The number of nitrogens with one attached hydrogen (secondary N) is 1. The van der Waals surface area contributed by atoms with E-state index in [4.69, 9.17) is 10.2 Å². The first-order chi connectivity index (χ1) is 7.25. The van der Waals surface area contributed by atoms with Gasteiger partial charge in [0.2, 0.25) is 0 Å². The first kappa shape index (κ1) is 10.3. The van der Waals surface area contributed by atoms with E-state index in [0.717, 1.165) is 30.3 Å². The standard InChI is InChI=1S/C11H14N2OS/c1-8-2-3-9(14-8)6-13-7-11-10(12)4-5-15-11/h2-5,13H,6-7,12H2,1H3. The number of nitrogen functional groups attached to an aromatic ring is 1. The van der Waals surface area contributed by atoms with Crippen LogP contribution >= 0.6 is 11.3 Å². The van der Waals surface area contributed by atoms with Gasteiger partial charge < -0.3 is 15.5 Å². The van der Waals surface area contributed by atoms with Crippen molar-refractivity contribution in [1.29, 1.82) is 0 Å². The third-order valence-corrected chi connectivity index (χ3v) is 3.10. The molecule has 15 heavy (non-hydrogen) atoms. The van der Waals surface area contributed by atoms with Gasteiger partial charge in [0.1, 0.15) is 11.5 Å². The molecule has 0 atom stereocenters. The van der Waals surface area contributed by atoms with Gasteiger partial charge in [-0.1, -0.05) is 0 Å². The highest BCUT2D eigenvalue weighted by Crippen LogP contribution is 2.18. The van der Waals surface area contributed by atoms with E-state index in [1.807, 2.05) is 30.5 Å². The van der Waals surface area contributed by atoms with E-state index in [2.05, 4.69) is 5.32 Å². The summed E-state index contributed by atoms with van der Waals surface area (Å²) in [6.07, 6.45) is 0. The molecule has 2 rings (SSSR count). The largest absolute Gasteiger partial charge is 0.465 e. The molecule has 3 N–H and O–H groups in total. The maximum atomic E-state index is 5.77. The minimum atomic E-state index is 0.741. The normalized spacial score (nSPS) is 10.7. The second-order valence-corrected chi connectivity index (χ2v) is 4.42. The summed E-state index contributed by atoms with van der Waals surface area (Å²) in [5.41, 5.74) is 6.64. The quantitative estimate of drug-likeness (QED) is 0.835. The third kappa shape index (κ3) is 2.61. The van der Waals surface area contributed by atoms with Crippen molar-refractivity contribution in [2.24, 2.45) is 0 Å². The van der Waals surface area contributed by atoms with E-state index in [9.17, 15) is 0 Å². The van der Waals surface area contributed by atoms with Crippen LogP contribution in [0, 0.1) is 6.92 Å². The first-order valence-electron chi connectivity index (χ1n) is 4.83.